The number of amides is 1. The normalized spacial score (nSPS) is 15.4. The molecule has 0 atom stereocenters. The third kappa shape index (κ3) is 2.73. The van der Waals surface area contributed by atoms with Gasteiger partial charge in [-0.25, -0.2) is 0 Å². The maximum absolute atomic E-state index is 12.4. The van der Waals surface area contributed by atoms with Gasteiger partial charge < -0.3 is 14.5 Å². The van der Waals surface area contributed by atoms with Gasteiger partial charge in [0.2, 0.25) is 5.91 Å². The number of rotatable bonds is 6. The van der Waals surface area contributed by atoms with Gasteiger partial charge in [-0.05, 0) is 55.5 Å². The number of ether oxygens (including phenoxy) is 1. The van der Waals surface area contributed by atoms with Crippen LogP contribution in [0.2, 0.25) is 0 Å². The van der Waals surface area contributed by atoms with Crippen LogP contribution in [0.15, 0.2) is 41.0 Å². The summed E-state index contributed by atoms with van der Waals surface area (Å²) in [7, 11) is 1.67. The summed E-state index contributed by atoms with van der Waals surface area (Å²) in [6.07, 6.45) is 4.18. The highest BCUT2D eigenvalue weighted by Crippen LogP contribution is 2.48. The first-order valence-electron chi connectivity index (χ1n) is 7.61. The Morgan fingerprint density at radius 3 is 2.77 bits per heavy atom. The summed E-state index contributed by atoms with van der Waals surface area (Å²) in [5.41, 5.74) is 1.89. The molecule has 22 heavy (non-hydrogen) atoms. The minimum atomic E-state index is -0.417. The molecule has 0 spiro atoms. The largest absolute Gasteiger partial charge is 0.496 e. The monoisotopic (exact) mass is 299 g/mol. The Balaban J connectivity index is 1.55. The van der Waals surface area contributed by atoms with Crippen molar-refractivity contribution < 1.29 is 13.9 Å². The Bertz CT molecular complexity index is 657. The van der Waals surface area contributed by atoms with Crippen LogP contribution in [0, 0.1) is 6.92 Å². The molecule has 0 bridgehead atoms. The van der Waals surface area contributed by atoms with E-state index in [9.17, 15) is 4.79 Å². The van der Waals surface area contributed by atoms with E-state index in [0.29, 0.717) is 6.54 Å². The van der Waals surface area contributed by atoms with Gasteiger partial charge in [-0.1, -0.05) is 12.1 Å². The van der Waals surface area contributed by atoms with Gasteiger partial charge in [0.05, 0.1) is 13.4 Å². The predicted octanol–water partition coefficient (Wildman–Crippen LogP) is 2.99. The van der Waals surface area contributed by atoms with E-state index in [-0.39, 0.29) is 5.91 Å². The van der Waals surface area contributed by atoms with Crippen molar-refractivity contribution in [2.75, 3.05) is 13.7 Å². The summed E-state index contributed by atoms with van der Waals surface area (Å²) in [5.74, 6) is 1.75. The van der Waals surface area contributed by atoms with E-state index in [4.69, 9.17) is 9.15 Å². The quantitative estimate of drug-likeness (QED) is 0.892. The van der Waals surface area contributed by atoms with Crippen LogP contribution in [-0.4, -0.2) is 19.6 Å². The number of methoxy groups -OCH3 is 1. The van der Waals surface area contributed by atoms with Gasteiger partial charge in [-0.15, -0.1) is 0 Å². The molecule has 0 radical (unpaired) electrons. The van der Waals surface area contributed by atoms with Crippen molar-refractivity contribution in [3.63, 3.8) is 0 Å². The number of carbonyl (C=O) groups excluding carboxylic acids is 1. The van der Waals surface area contributed by atoms with Gasteiger partial charge in [0.25, 0.3) is 0 Å². The molecule has 116 valence electrons. The first-order valence-corrected chi connectivity index (χ1v) is 7.61. The highest BCUT2D eigenvalue weighted by Gasteiger charge is 2.53. The predicted molar refractivity (Wildman–Crippen MR) is 84.1 cm³/mol. The molecule has 1 aromatic heterocycles. The van der Waals surface area contributed by atoms with Crippen LogP contribution in [0.25, 0.3) is 0 Å². The van der Waals surface area contributed by atoms with E-state index < -0.39 is 5.41 Å². The summed E-state index contributed by atoms with van der Waals surface area (Å²) >= 11 is 0. The number of furan rings is 1. The molecule has 1 aliphatic carbocycles. The Labute approximate surface area is 130 Å². The van der Waals surface area contributed by atoms with Crippen LogP contribution in [0.1, 0.15) is 29.7 Å². The summed E-state index contributed by atoms with van der Waals surface area (Å²) in [6.45, 7) is 2.66. The van der Waals surface area contributed by atoms with Gasteiger partial charge in [0.15, 0.2) is 0 Å². The van der Waals surface area contributed by atoms with Gasteiger partial charge in [-0.3, -0.25) is 4.79 Å². The SMILES string of the molecule is COc1ccc(CCNC(=O)C2(c3ccco3)CC2)cc1C. The molecule has 0 aliphatic heterocycles. The second kappa shape index (κ2) is 5.87. The molecule has 1 heterocycles. The number of nitrogens with one attached hydrogen (secondary N) is 1. The molecule has 1 amide bonds. The summed E-state index contributed by atoms with van der Waals surface area (Å²) < 4.78 is 10.7. The fourth-order valence-corrected chi connectivity index (χ4v) is 2.85. The maximum atomic E-state index is 12.4. The average molecular weight is 299 g/mol. The van der Waals surface area contributed by atoms with E-state index in [2.05, 4.69) is 11.4 Å². The average Bonchev–Trinajstić information content (AvgIpc) is 3.14. The number of aryl methyl sites for hydroxylation is 1. The van der Waals surface area contributed by atoms with Crippen molar-refractivity contribution in [2.45, 2.75) is 31.6 Å². The van der Waals surface area contributed by atoms with Gasteiger partial charge >= 0.3 is 0 Å². The van der Waals surface area contributed by atoms with Gasteiger partial charge in [-0.2, -0.15) is 0 Å². The molecule has 4 heteroatoms. The Hall–Kier alpha value is -2.23. The van der Waals surface area contributed by atoms with Crippen molar-refractivity contribution in [3.05, 3.63) is 53.5 Å². The van der Waals surface area contributed by atoms with E-state index in [1.165, 1.54) is 5.56 Å². The second-order valence-electron chi connectivity index (χ2n) is 5.87. The molecule has 1 aromatic carbocycles. The molecular formula is C18H21NO3. The molecule has 2 aromatic rings. The van der Waals surface area contributed by atoms with Crippen molar-refractivity contribution in [3.8, 4) is 5.75 Å². The van der Waals surface area contributed by atoms with Gasteiger partial charge in [0, 0.05) is 6.54 Å². The molecule has 4 nitrogen and oxygen atoms in total. The smallest absolute Gasteiger partial charge is 0.233 e. The Morgan fingerprint density at radius 2 is 2.18 bits per heavy atom. The Kier molecular flexibility index (Phi) is 3.92. The summed E-state index contributed by atoms with van der Waals surface area (Å²) in [5, 5.41) is 3.04. The van der Waals surface area contributed by atoms with E-state index in [1.54, 1.807) is 13.4 Å². The van der Waals surface area contributed by atoms with Gasteiger partial charge in [0.1, 0.15) is 16.9 Å². The van der Waals surface area contributed by atoms with E-state index in [0.717, 1.165) is 36.3 Å². The van der Waals surface area contributed by atoms with Crippen molar-refractivity contribution >= 4 is 5.91 Å². The third-order valence-electron chi connectivity index (χ3n) is 4.34. The van der Waals surface area contributed by atoms with E-state index in [1.807, 2.05) is 31.2 Å². The first kappa shape index (κ1) is 14.7. The molecule has 1 saturated carbocycles. The van der Waals surface area contributed by atoms with E-state index >= 15 is 0 Å². The standard InChI is InChI=1S/C18H21NO3/c1-13-12-14(5-6-15(13)21-2)7-10-19-17(20)18(8-9-18)16-4-3-11-22-16/h3-6,11-12H,7-10H2,1-2H3,(H,19,20). The molecule has 3 rings (SSSR count). The molecular weight excluding hydrogens is 278 g/mol. The van der Waals surface area contributed by atoms with Crippen LogP contribution >= 0.6 is 0 Å². The molecule has 1 N–H and O–H groups in total. The van der Waals surface area contributed by atoms with Crippen LogP contribution in [0.3, 0.4) is 0 Å². The zero-order valence-electron chi connectivity index (χ0n) is 13.0. The lowest BCUT2D eigenvalue weighted by atomic mass is 10.0. The maximum Gasteiger partial charge on any atom is 0.233 e. The third-order valence-corrected chi connectivity index (χ3v) is 4.34. The van der Waals surface area contributed by atoms with Crippen LogP contribution in [0.5, 0.6) is 5.75 Å². The number of carbonyl (C=O) groups is 1. The minimum absolute atomic E-state index is 0.0766. The number of hydrogen-bond donors (Lipinski definition) is 1. The zero-order chi connectivity index (χ0) is 15.6. The molecule has 1 fully saturated rings. The van der Waals surface area contributed by atoms with Crippen molar-refractivity contribution in [1.82, 2.24) is 5.32 Å². The highest BCUT2D eigenvalue weighted by molar-refractivity contribution is 5.90. The fraction of sp³-hybridized carbons (Fsp3) is 0.389. The number of benzene rings is 1. The van der Waals surface area contributed by atoms with Crippen LogP contribution in [0.4, 0.5) is 0 Å². The Morgan fingerprint density at radius 1 is 1.36 bits per heavy atom. The topological polar surface area (TPSA) is 51.5 Å². The number of hydrogen-bond acceptors (Lipinski definition) is 3. The van der Waals surface area contributed by atoms with Crippen LogP contribution < -0.4 is 10.1 Å². The highest BCUT2D eigenvalue weighted by atomic mass is 16.5. The second-order valence-corrected chi connectivity index (χ2v) is 5.87. The molecule has 0 unspecified atom stereocenters. The first-order chi connectivity index (χ1) is 10.7. The lowest BCUT2D eigenvalue weighted by Crippen LogP contribution is -2.35. The van der Waals surface area contributed by atoms with Crippen molar-refractivity contribution in [1.29, 1.82) is 0 Å². The molecule has 1 aliphatic rings. The zero-order valence-corrected chi connectivity index (χ0v) is 13.0. The lowest BCUT2D eigenvalue weighted by molar-refractivity contribution is -0.123. The van der Waals surface area contributed by atoms with Crippen molar-refractivity contribution in [2.24, 2.45) is 0 Å². The van der Waals surface area contributed by atoms with Crippen LogP contribution in [-0.2, 0) is 16.6 Å². The summed E-state index contributed by atoms with van der Waals surface area (Å²) in [6, 6.07) is 9.84. The fourth-order valence-electron chi connectivity index (χ4n) is 2.85. The summed E-state index contributed by atoms with van der Waals surface area (Å²) in [4.78, 5) is 12.4. The lowest BCUT2D eigenvalue weighted by Gasteiger charge is -2.13. The molecule has 0 saturated heterocycles. The minimum Gasteiger partial charge on any atom is -0.496 e.